The summed E-state index contributed by atoms with van der Waals surface area (Å²) in [6.07, 6.45) is 0. The van der Waals surface area contributed by atoms with Crippen molar-refractivity contribution in [2.24, 2.45) is 5.28 Å². The highest BCUT2D eigenvalue weighted by atomic mass is 16.7. The molecule has 0 atom stereocenters. The molecule has 0 aliphatic heterocycles. The second-order valence-electron chi connectivity index (χ2n) is 3.83. The molecule has 10 heteroatoms. The van der Waals surface area contributed by atoms with Crippen LogP contribution in [0.15, 0.2) is 29.5 Å². The van der Waals surface area contributed by atoms with Gasteiger partial charge in [-0.05, 0) is 17.7 Å². The summed E-state index contributed by atoms with van der Waals surface area (Å²) in [4.78, 5) is 16.9. The molecule has 1 rings (SSSR count). The van der Waals surface area contributed by atoms with Gasteiger partial charge in [-0.3, -0.25) is 10.1 Å². The number of nitrogens with zero attached hydrogens (tertiary/aromatic N) is 4. The summed E-state index contributed by atoms with van der Waals surface area (Å²) in [5, 5.41) is 13.4. The fraction of sp³-hybridized carbons (Fsp3) is 0.500. The van der Waals surface area contributed by atoms with E-state index in [1.54, 1.807) is 0 Å². The Kier molecular flexibility index (Phi) is 8.87. The lowest BCUT2D eigenvalue weighted by Crippen LogP contribution is -2.12. The lowest BCUT2D eigenvalue weighted by molar-refractivity contribution is -0.384. The zero-order valence-corrected chi connectivity index (χ0v) is 11.8. The first-order valence-corrected chi connectivity index (χ1v) is 6.43. The molecule has 22 heavy (non-hydrogen) atoms. The van der Waals surface area contributed by atoms with Crippen molar-refractivity contribution in [2.45, 2.75) is 0 Å². The third-order valence-corrected chi connectivity index (χ3v) is 2.33. The summed E-state index contributed by atoms with van der Waals surface area (Å²) >= 11 is 0. The minimum Gasteiger partial charge on any atom is -0.491 e. The second kappa shape index (κ2) is 11.1. The van der Waals surface area contributed by atoms with Crippen LogP contribution < -0.4 is 4.74 Å². The number of benzene rings is 1. The molecule has 0 aliphatic rings. The summed E-state index contributed by atoms with van der Waals surface area (Å²) in [5.74, 6) is 0.542. The van der Waals surface area contributed by atoms with Crippen LogP contribution >= 0.6 is 0 Å². The van der Waals surface area contributed by atoms with E-state index in [0.717, 1.165) is 0 Å². The SMILES string of the molecule is [N-]=[N+]=NOCCOCCOCCOc1ccc([N+](=O)[O-])cc1. The molecule has 0 radical (unpaired) electrons. The molecule has 1 aromatic rings. The molecular formula is C12H16N4O6. The van der Waals surface area contributed by atoms with E-state index in [1.165, 1.54) is 24.3 Å². The average Bonchev–Trinajstić information content (AvgIpc) is 2.53. The van der Waals surface area contributed by atoms with Crippen LogP contribution in [0.5, 0.6) is 5.75 Å². The molecule has 0 saturated heterocycles. The first kappa shape index (κ1) is 17.5. The van der Waals surface area contributed by atoms with E-state index >= 15 is 0 Å². The number of hydrogen-bond acceptors (Lipinski definition) is 7. The van der Waals surface area contributed by atoms with Crippen LogP contribution in [0.25, 0.3) is 10.4 Å². The van der Waals surface area contributed by atoms with Crippen LogP contribution in [0.2, 0.25) is 0 Å². The van der Waals surface area contributed by atoms with E-state index in [4.69, 9.17) is 19.7 Å². The van der Waals surface area contributed by atoms with Crippen molar-refractivity contribution in [3.63, 3.8) is 0 Å². The van der Waals surface area contributed by atoms with Gasteiger partial charge in [-0.2, -0.15) is 0 Å². The molecule has 0 unspecified atom stereocenters. The van der Waals surface area contributed by atoms with Crippen LogP contribution in [0, 0.1) is 10.1 Å². The largest absolute Gasteiger partial charge is 0.491 e. The average molecular weight is 312 g/mol. The highest BCUT2D eigenvalue weighted by molar-refractivity contribution is 5.35. The topological polar surface area (TPSA) is 129 Å². The van der Waals surface area contributed by atoms with Gasteiger partial charge in [0.05, 0.1) is 31.4 Å². The molecule has 0 aliphatic carbocycles. The van der Waals surface area contributed by atoms with E-state index in [9.17, 15) is 10.1 Å². The molecular weight excluding hydrogens is 296 g/mol. The Morgan fingerprint density at radius 2 is 1.64 bits per heavy atom. The predicted molar refractivity (Wildman–Crippen MR) is 75.3 cm³/mol. The van der Waals surface area contributed by atoms with E-state index in [0.29, 0.717) is 38.8 Å². The number of nitro benzene ring substituents is 1. The van der Waals surface area contributed by atoms with Crippen LogP contribution in [-0.2, 0) is 14.3 Å². The molecule has 0 bridgehead atoms. The van der Waals surface area contributed by atoms with Crippen molar-refractivity contribution in [1.82, 2.24) is 0 Å². The molecule has 0 saturated carbocycles. The second-order valence-corrected chi connectivity index (χ2v) is 3.83. The van der Waals surface area contributed by atoms with Crippen molar-refractivity contribution < 1.29 is 24.0 Å². The van der Waals surface area contributed by atoms with Crippen LogP contribution in [0.1, 0.15) is 0 Å². The van der Waals surface area contributed by atoms with Gasteiger partial charge in [-0.25, -0.2) is 0 Å². The predicted octanol–water partition coefficient (Wildman–Crippen LogP) is 2.25. The quantitative estimate of drug-likeness (QED) is 0.145. The normalized spacial score (nSPS) is 9.82. The third kappa shape index (κ3) is 7.90. The molecule has 0 N–H and O–H groups in total. The van der Waals surface area contributed by atoms with Crippen LogP contribution in [0.4, 0.5) is 5.69 Å². The molecule has 1 aromatic carbocycles. The Morgan fingerprint density at radius 3 is 2.23 bits per heavy atom. The maximum atomic E-state index is 10.5. The molecule has 120 valence electrons. The molecule has 0 amide bonds. The van der Waals surface area contributed by atoms with Crippen molar-refractivity contribution in [1.29, 1.82) is 0 Å². The van der Waals surface area contributed by atoms with Crippen molar-refractivity contribution in [3.8, 4) is 5.75 Å². The molecule has 0 heterocycles. The Balaban J connectivity index is 1.97. The maximum absolute atomic E-state index is 10.5. The fourth-order valence-corrected chi connectivity index (χ4v) is 1.37. The zero-order valence-electron chi connectivity index (χ0n) is 11.8. The number of ether oxygens (including phenoxy) is 3. The standard InChI is InChI=1S/C12H16N4O6/c13-14-15-22-10-8-20-6-5-19-7-9-21-12-3-1-11(2-4-12)16(17)18/h1-4H,5-10H2. The Hall–Kier alpha value is -2.55. The van der Waals surface area contributed by atoms with Crippen LogP contribution in [0.3, 0.4) is 0 Å². The highest BCUT2D eigenvalue weighted by Crippen LogP contribution is 2.16. The first-order valence-electron chi connectivity index (χ1n) is 6.43. The van der Waals surface area contributed by atoms with E-state index in [-0.39, 0.29) is 12.3 Å². The maximum Gasteiger partial charge on any atom is 0.269 e. The van der Waals surface area contributed by atoms with E-state index in [2.05, 4.69) is 15.0 Å². The zero-order chi connectivity index (χ0) is 16.0. The van der Waals surface area contributed by atoms with Crippen molar-refractivity contribution >= 4 is 5.69 Å². The highest BCUT2D eigenvalue weighted by Gasteiger charge is 2.03. The Morgan fingerprint density at radius 1 is 1.05 bits per heavy atom. The molecule has 0 fully saturated rings. The summed E-state index contributed by atoms with van der Waals surface area (Å²) in [5.41, 5.74) is 7.96. The molecule has 10 nitrogen and oxygen atoms in total. The fourth-order valence-electron chi connectivity index (χ4n) is 1.37. The van der Waals surface area contributed by atoms with Gasteiger partial charge in [-0.15, -0.1) is 0 Å². The van der Waals surface area contributed by atoms with Gasteiger partial charge in [0.1, 0.15) is 24.2 Å². The number of hydrogen-bond donors (Lipinski definition) is 0. The van der Waals surface area contributed by atoms with Crippen LogP contribution in [-0.4, -0.2) is 44.6 Å². The number of azide groups is 1. The van der Waals surface area contributed by atoms with Gasteiger partial charge in [0.15, 0.2) is 0 Å². The lowest BCUT2D eigenvalue weighted by atomic mass is 10.3. The van der Waals surface area contributed by atoms with Gasteiger partial charge in [0.2, 0.25) is 0 Å². The van der Waals surface area contributed by atoms with E-state index in [1.807, 2.05) is 0 Å². The van der Waals surface area contributed by atoms with Gasteiger partial charge >= 0.3 is 0 Å². The van der Waals surface area contributed by atoms with Gasteiger partial charge in [0.25, 0.3) is 5.69 Å². The summed E-state index contributed by atoms with van der Waals surface area (Å²) < 4.78 is 15.8. The lowest BCUT2D eigenvalue weighted by Gasteiger charge is -2.07. The monoisotopic (exact) mass is 312 g/mol. The summed E-state index contributed by atoms with van der Waals surface area (Å²) in [6, 6.07) is 5.82. The third-order valence-electron chi connectivity index (χ3n) is 2.33. The smallest absolute Gasteiger partial charge is 0.269 e. The van der Waals surface area contributed by atoms with Gasteiger partial charge in [-0.1, -0.05) is 0 Å². The molecule has 0 spiro atoms. The first-order chi connectivity index (χ1) is 10.7. The minimum absolute atomic E-state index is 0.0187. The summed E-state index contributed by atoms with van der Waals surface area (Å²) in [7, 11) is 0. The Bertz CT molecular complexity index is 489. The van der Waals surface area contributed by atoms with Gasteiger partial charge in [0, 0.05) is 17.0 Å². The Labute approximate surface area is 126 Å². The van der Waals surface area contributed by atoms with Crippen molar-refractivity contribution in [2.75, 3.05) is 39.6 Å². The number of non-ortho nitro benzene ring substituents is 1. The van der Waals surface area contributed by atoms with Crippen molar-refractivity contribution in [3.05, 3.63) is 44.8 Å². The number of nitro groups is 1. The minimum atomic E-state index is -0.468. The number of rotatable bonds is 12. The van der Waals surface area contributed by atoms with E-state index < -0.39 is 4.92 Å². The molecule has 0 aromatic heterocycles. The van der Waals surface area contributed by atoms with Gasteiger partial charge < -0.3 is 19.0 Å². The summed E-state index contributed by atoms with van der Waals surface area (Å²) in [6.45, 7) is 1.98.